The number of nitrogen functional groups attached to an aromatic ring is 1. The number of nitrogens with two attached hydrogens (primary N) is 1. The Morgan fingerprint density at radius 1 is 1.20 bits per heavy atom. The smallest absolute Gasteiger partial charge is 0.254 e. The highest BCUT2D eigenvalue weighted by Crippen LogP contribution is 2.29. The molecule has 0 fully saturated rings. The van der Waals surface area contributed by atoms with E-state index in [9.17, 15) is 4.79 Å². The quantitative estimate of drug-likeness (QED) is 0.820. The summed E-state index contributed by atoms with van der Waals surface area (Å²) in [6.45, 7) is 4.22. The zero-order chi connectivity index (χ0) is 15.3. The molecule has 0 atom stereocenters. The van der Waals surface area contributed by atoms with Crippen molar-refractivity contribution in [3.63, 3.8) is 0 Å². The van der Waals surface area contributed by atoms with E-state index in [2.05, 4.69) is 0 Å². The van der Waals surface area contributed by atoms with Gasteiger partial charge in [-0.3, -0.25) is 4.79 Å². The monoisotopic (exact) mass is 317 g/mol. The highest BCUT2D eigenvalue weighted by Gasteiger charge is 2.17. The number of halogens is 2. The minimum absolute atomic E-state index is 0.0704. The van der Waals surface area contributed by atoms with E-state index in [-0.39, 0.29) is 5.91 Å². The van der Waals surface area contributed by atoms with Crippen LogP contribution in [0.15, 0.2) is 12.1 Å². The molecule has 1 aromatic carbocycles. The lowest BCUT2D eigenvalue weighted by Crippen LogP contribution is -2.37. The Kier molecular flexibility index (Phi) is 6.59. The van der Waals surface area contributed by atoms with Crippen LogP contribution < -0.4 is 5.73 Å². The van der Waals surface area contributed by atoms with Crippen molar-refractivity contribution >= 4 is 34.8 Å². The van der Waals surface area contributed by atoms with Gasteiger partial charge in [-0.15, -0.1) is 0 Å². The average molecular weight is 318 g/mol. The van der Waals surface area contributed by atoms with Crippen LogP contribution in [0.4, 0.5) is 5.69 Å². The molecule has 6 heteroatoms. The second kappa shape index (κ2) is 7.72. The van der Waals surface area contributed by atoms with Gasteiger partial charge in [-0.1, -0.05) is 30.1 Å². The maximum Gasteiger partial charge on any atom is 0.254 e. The summed E-state index contributed by atoms with van der Waals surface area (Å²) >= 11 is 11.9. The van der Waals surface area contributed by atoms with Gasteiger partial charge < -0.3 is 15.5 Å². The molecular weight excluding hydrogens is 297 g/mol. The topological polar surface area (TPSA) is 49.6 Å². The number of nitrogens with zero attached hydrogens (tertiary/aromatic N) is 2. The molecule has 1 aromatic rings. The van der Waals surface area contributed by atoms with Gasteiger partial charge in [-0.2, -0.15) is 0 Å². The highest BCUT2D eigenvalue weighted by atomic mass is 35.5. The number of amides is 1. The molecule has 0 heterocycles. The van der Waals surface area contributed by atoms with E-state index >= 15 is 0 Å². The molecule has 0 bridgehead atoms. The second-order valence-corrected chi connectivity index (χ2v) is 5.74. The Morgan fingerprint density at radius 2 is 1.85 bits per heavy atom. The Bertz CT molecular complexity index is 454. The Balaban J connectivity index is 2.94. The average Bonchev–Trinajstić information content (AvgIpc) is 2.39. The van der Waals surface area contributed by atoms with Gasteiger partial charge >= 0.3 is 0 Å². The molecule has 0 aliphatic carbocycles. The van der Waals surface area contributed by atoms with Crippen LogP contribution in [-0.2, 0) is 0 Å². The predicted molar refractivity (Wildman–Crippen MR) is 85.6 cm³/mol. The van der Waals surface area contributed by atoms with Crippen LogP contribution in [0.25, 0.3) is 0 Å². The summed E-state index contributed by atoms with van der Waals surface area (Å²) < 4.78 is 0. The number of carbonyl (C=O) groups excluding carboxylic acids is 1. The minimum atomic E-state index is -0.0704. The van der Waals surface area contributed by atoms with Crippen molar-refractivity contribution in [2.24, 2.45) is 0 Å². The van der Waals surface area contributed by atoms with Gasteiger partial charge in [-0.25, -0.2) is 0 Å². The van der Waals surface area contributed by atoms with Crippen molar-refractivity contribution in [2.75, 3.05) is 39.5 Å². The largest absolute Gasteiger partial charge is 0.397 e. The van der Waals surface area contributed by atoms with Gasteiger partial charge in [0.25, 0.3) is 5.91 Å². The molecule has 1 amide bonds. The zero-order valence-electron chi connectivity index (χ0n) is 12.1. The van der Waals surface area contributed by atoms with E-state index in [1.165, 1.54) is 0 Å². The molecule has 4 nitrogen and oxygen atoms in total. The van der Waals surface area contributed by atoms with Gasteiger partial charge in [0.05, 0.1) is 15.7 Å². The zero-order valence-corrected chi connectivity index (χ0v) is 13.6. The lowest BCUT2D eigenvalue weighted by molar-refractivity contribution is 0.0745. The van der Waals surface area contributed by atoms with Gasteiger partial charge in [0, 0.05) is 25.2 Å². The van der Waals surface area contributed by atoms with Crippen LogP contribution in [0, 0.1) is 0 Å². The number of anilines is 1. The predicted octanol–water partition coefficient (Wildman–Crippen LogP) is 2.99. The SMILES string of the molecule is CCCN(CCN(C)C)C(=O)c1cc(N)c(Cl)c(Cl)c1. The Morgan fingerprint density at radius 3 is 2.35 bits per heavy atom. The number of carbonyl (C=O) groups is 1. The summed E-state index contributed by atoms with van der Waals surface area (Å²) in [6, 6.07) is 3.15. The maximum atomic E-state index is 12.5. The molecule has 0 aromatic heterocycles. The van der Waals surface area contributed by atoms with Crippen LogP contribution in [-0.4, -0.2) is 49.4 Å². The molecule has 20 heavy (non-hydrogen) atoms. The fourth-order valence-corrected chi connectivity index (χ4v) is 2.16. The fraction of sp³-hybridized carbons (Fsp3) is 0.500. The molecule has 0 radical (unpaired) electrons. The minimum Gasteiger partial charge on any atom is -0.397 e. The first kappa shape index (κ1) is 17.1. The molecule has 0 spiro atoms. The third-order valence-electron chi connectivity index (χ3n) is 2.90. The van der Waals surface area contributed by atoms with Crippen LogP contribution in [0.1, 0.15) is 23.7 Å². The summed E-state index contributed by atoms with van der Waals surface area (Å²) in [5, 5.41) is 0.595. The molecule has 0 aliphatic rings. The number of hydrogen-bond acceptors (Lipinski definition) is 3. The van der Waals surface area contributed by atoms with E-state index in [0.717, 1.165) is 13.0 Å². The van der Waals surface area contributed by atoms with Crippen LogP contribution >= 0.6 is 23.2 Å². The van der Waals surface area contributed by atoms with Gasteiger partial charge in [0.15, 0.2) is 0 Å². The third kappa shape index (κ3) is 4.54. The second-order valence-electron chi connectivity index (χ2n) is 4.96. The number of hydrogen-bond donors (Lipinski definition) is 1. The van der Waals surface area contributed by atoms with E-state index in [1.807, 2.05) is 25.9 Å². The fourth-order valence-electron chi connectivity index (χ4n) is 1.82. The summed E-state index contributed by atoms with van der Waals surface area (Å²) in [5.74, 6) is -0.0704. The van der Waals surface area contributed by atoms with Crippen molar-refractivity contribution in [2.45, 2.75) is 13.3 Å². The van der Waals surface area contributed by atoms with Crippen LogP contribution in [0.3, 0.4) is 0 Å². The lowest BCUT2D eigenvalue weighted by Gasteiger charge is -2.24. The summed E-state index contributed by atoms with van der Waals surface area (Å²) in [6.07, 6.45) is 0.899. The van der Waals surface area contributed by atoms with Crippen molar-refractivity contribution in [3.8, 4) is 0 Å². The molecule has 1 rings (SSSR count). The van der Waals surface area contributed by atoms with Crippen LogP contribution in [0.2, 0.25) is 10.0 Å². The molecule has 0 aliphatic heterocycles. The third-order valence-corrected chi connectivity index (χ3v) is 3.72. The normalized spacial score (nSPS) is 10.9. The van der Waals surface area contributed by atoms with Gasteiger partial charge in [-0.05, 0) is 32.6 Å². The van der Waals surface area contributed by atoms with Crippen molar-refractivity contribution in [1.29, 1.82) is 0 Å². The van der Waals surface area contributed by atoms with Crippen molar-refractivity contribution in [1.82, 2.24) is 9.80 Å². The van der Waals surface area contributed by atoms with Crippen molar-refractivity contribution in [3.05, 3.63) is 27.7 Å². The molecule has 0 unspecified atom stereocenters. The summed E-state index contributed by atoms with van der Waals surface area (Å²) in [5.41, 5.74) is 6.56. The van der Waals surface area contributed by atoms with Gasteiger partial charge in [0.1, 0.15) is 0 Å². The lowest BCUT2D eigenvalue weighted by atomic mass is 10.1. The number of likely N-dealkylation sites (N-methyl/N-ethyl adjacent to an activating group) is 1. The summed E-state index contributed by atoms with van der Waals surface area (Å²) in [7, 11) is 3.96. The first-order valence-corrected chi connectivity index (χ1v) is 7.31. The van der Waals surface area contributed by atoms with Gasteiger partial charge in [0.2, 0.25) is 0 Å². The summed E-state index contributed by atoms with van der Waals surface area (Å²) in [4.78, 5) is 16.4. The Hall–Kier alpha value is -0.970. The molecule has 0 saturated carbocycles. The molecule has 112 valence electrons. The highest BCUT2D eigenvalue weighted by molar-refractivity contribution is 6.43. The van der Waals surface area contributed by atoms with E-state index < -0.39 is 0 Å². The maximum absolute atomic E-state index is 12.5. The van der Waals surface area contributed by atoms with E-state index in [0.29, 0.717) is 34.4 Å². The number of benzene rings is 1. The van der Waals surface area contributed by atoms with Crippen molar-refractivity contribution < 1.29 is 4.79 Å². The molecular formula is C14H21Cl2N3O. The van der Waals surface area contributed by atoms with E-state index in [4.69, 9.17) is 28.9 Å². The van der Waals surface area contributed by atoms with E-state index in [1.54, 1.807) is 17.0 Å². The molecule has 2 N–H and O–H groups in total. The molecule has 0 saturated heterocycles. The number of rotatable bonds is 6. The first-order chi connectivity index (χ1) is 9.36. The standard InChI is InChI=1S/C14H21Cl2N3O/c1-4-5-19(7-6-18(2)3)14(20)10-8-11(15)13(16)12(17)9-10/h8-9H,4-7,17H2,1-3H3. The Labute approximate surface area is 130 Å². The van der Waals surface area contributed by atoms with Crippen LogP contribution in [0.5, 0.6) is 0 Å². The first-order valence-electron chi connectivity index (χ1n) is 6.55.